The third kappa shape index (κ3) is 2.65. The Bertz CT molecular complexity index is 584. The zero-order valence-corrected chi connectivity index (χ0v) is 13.9. The van der Waals surface area contributed by atoms with Gasteiger partial charge in [0, 0.05) is 12.3 Å². The van der Waals surface area contributed by atoms with Gasteiger partial charge in [-0.1, -0.05) is 6.58 Å². The minimum absolute atomic E-state index is 0.218. The molecule has 6 nitrogen and oxygen atoms in total. The molecule has 0 aromatic carbocycles. The van der Waals surface area contributed by atoms with Gasteiger partial charge in [0.2, 0.25) is 0 Å². The molecule has 7 heteroatoms. The second-order valence-corrected chi connectivity index (χ2v) is 11.2. The first-order chi connectivity index (χ1) is 10.2. The summed E-state index contributed by atoms with van der Waals surface area (Å²) in [6.45, 7) is 7.35. The van der Waals surface area contributed by atoms with Crippen molar-refractivity contribution in [2.45, 2.75) is 30.5 Å². The largest absolute Gasteiger partial charge is 0.387 e. The van der Waals surface area contributed by atoms with Crippen molar-refractivity contribution in [1.82, 2.24) is 10.2 Å². The van der Waals surface area contributed by atoms with Crippen LogP contribution in [0.3, 0.4) is 0 Å². The van der Waals surface area contributed by atoms with E-state index in [9.17, 15) is 9.90 Å². The average molecular weight is 326 g/mol. The van der Waals surface area contributed by atoms with Crippen LogP contribution in [0.4, 0.5) is 0 Å². The van der Waals surface area contributed by atoms with E-state index in [-0.39, 0.29) is 5.91 Å². The van der Waals surface area contributed by atoms with Gasteiger partial charge in [-0.25, -0.2) is 0 Å². The normalized spacial score (nSPS) is 37.8. The zero-order valence-electron chi connectivity index (χ0n) is 13.0. The average Bonchev–Trinajstić information content (AvgIpc) is 2.87. The molecule has 2 saturated heterocycles. The number of nitrogens with zero attached hydrogens (tertiary/aromatic N) is 1. The molecule has 0 aromatic rings. The summed E-state index contributed by atoms with van der Waals surface area (Å²) >= 11 is 0. The molecule has 3 aliphatic heterocycles. The summed E-state index contributed by atoms with van der Waals surface area (Å²) in [5, 5.41) is 13.2. The number of nitrogens with one attached hydrogen (secondary N) is 1. The smallest absolute Gasteiger partial charge is 0.250 e. The van der Waals surface area contributed by atoms with Crippen LogP contribution in [-0.2, 0) is 14.3 Å². The van der Waals surface area contributed by atoms with Crippen molar-refractivity contribution in [3.63, 3.8) is 0 Å². The van der Waals surface area contributed by atoms with Gasteiger partial charge in [0.25, 0.3) is 5.91 Å². The number of hydrogen-bond donors (Lipinski definition) is 2. The van der Waals surface area contributed by atoms with Crippen LogP contribution in [-0.4, -0.2) is 72.3 Å². The molecular weight excluding hydrogens is 303 g/mol. The number of fused-ring (bicyclic) bond motifs is 2. The van der Waals surface area contributed by atoms with Crippen molar-refractivity contribution in [3.05, 3.63) is 24.7 Å². The highest BCUT2D eigenvalue weighted by atomic mass is 31.2. The maximum absolute atomic E-state index is 11.3. The van der Waals surface area contributed by atoms with Crippen molar-refractivity contribution in [3.8, 4) is 0 Å². The molecule has 22 heavy (non-hydrogen) atoms. The molecule has 0 aliphatic carbocycles. The number of aliphatic hydroxyl groups is 1. The van der Waals surface area contributed by atoms with Gasteiger partial charge >= 0.3 is 0 Å². The fourth-order valence-corrected chi connectivity index (χ4v) is 4.06. The first-order valence-corrected chi connectivity index (χ1v) is 10.4. The summed E-state index contributed by atoms with van der Waals surface area (Å²) in [7, 11) is 0. The first kappa shape index (κ1) is 15.8. The molecule has 122 valence electrons. The van der Waals surface area contributed by atoms with Crippen LogP contribution < -0.4 is 5.32 Å². The molecule has 3 aliphatic rings. The van der Waals surface area contributed by atoms with Gasteiger partial charge in [-0.05, 0) is 25.9 Å². The molecule has 1 unspecified atom stereocenters. The number of amides is 1. The van der Waals surface area contributed by atoms with Gasteiger partial charge in [-0.3, -0.25) is 4.79 Å². The molecule has 3 heterocycles. The van der Waals surface area contributed by atoms with Crippen molar-refractivity contribution >= 4 is 19.1 Å². The molecule has 4 atom stereocenters. The van der Waals surface area contributed by atoms with Crippen molar-refractivity contribution in [2.75, 3.05) is 26.1 Å². The van der Waals surface area contributed by atoms with Crippen LogP contribution in [0.1, 0.15) is 6.42 Å². The lowest BCUT2D eigenvalue weighted by Gasteiger charge is -2.38. The highest BCUT2D eigenvalue weighted by Crippen LogP contribution is 2.47. The standard InChI is InChI=1S/C15H23N2O4P/c1-10-16-11(18)5-7-17(10)14-12-13(19)15(21-14,9-20-12)6-8-22(2,3)4/h5,7,12-14,19H,1-2,6,8-9H2,3-4H3,(H,16,18)/t12?,13-,14+,15-/m0/s1. The Kier molecular flexibility index (Phi) is 3.76. The molecule has 3 rings (SSSR count). The van der Waals surface area contributed by atoms with E-state index in [4.69, 9.17) is 9.47 Å². The third-order valence-corrected chi connectivity index (χ3v) is 5.82. The number of ether oxygens (including phenoxy) is 2. The number of aliphatic hydroxyl groups excluding tert-OH is 1. The van der Waals surface area contributed by atoms with E-state index in [2.05, 4.69) is 31.5 Å². The van der Waals surface area contributed by atoms with Crippen LogP contribution in [0.2, 0.25) is 0 Å². The van der Waals surface area contributed by atoms with Crippen LogP contribution in [0.5, 0.6) is 0 Å². The van der Waals surface area contributed by atoms with Crippen LogP contribution in [0.15, 0.2) is 24.7 Å². The summed E-state index contributed by atoms with van der Waals surface area (Å²) in [5.74, 6) is 0.213. The summed E-state index contributed by atoms with van der Waals surface area (Å²) < 4.78 is 11.9. The number of hydrogen-bond acceptors (Lipinski definition) is 5. The van der Waals surface area contributed by atoms with Crippen molar-refractivity contribution in [1.29, 1.82) is 0 Å². The number of carbonyl (C=O) groups excluding carboxylic acids is 1. The van der Waals surface area contributed by atoms with E-state index in [1.54, 1.807) is 11.1 Å². The molecule has 0 aromatic heterocycles. The summed E-state index contributed by atoms with van der Waals surface area (Å²) in [6.07, 6.45) is 7.31. The molecular formula is C15H23N2O4P. The van der Waals surface area contributed by atoms with E-state index in [0.717, 1.165) is 12.6 Å². The first-order valence-electron chi connectivity index (χ1n) is 7.33. The van der Waals surface area contributed by atoms with Crippen LogP contribution in [0, 0.1) is 0 Å². The topological polar surface area (TPSA) is 71.0 Å². The van der Waals surface area contributed by atoms with E-state index in [1.807, 2.05) is 0 Å². The minimum Gasteiger partial charge on any atom is -0.387 e. The Morgan fingerprint density at radius 2 is 2.32 bits per heavy atom. The zero-order chi connectivity index (χ0) is 16.1. The molecule has 0 radical (unpaired) electrons. The fraction of sp³-hybridized carbons (Fsp3) is 0.600. The van der Waals surface area contributed by atoms with Gasteiger partial charge < -0.3 is 24.8 Å². The molecule has 1 amide bonds. The Morgan fingerprint density at radius 1 is 1.59 bits per heavy atom. The minimum atomic E-state index is -1.20. The van der Waals surface area contributed by atoms with E-state index < -0.39 is 30.9 Å². The second-order valence-electron chi connectivity index (χ2n) is 6.86. The third-order valence-electron chi connectivity index (χ3n) is 4.39. The predicted molar refractivity (Wildman–Crippen MR) is 87.0 cm³/mol. The Hall–Kier alpha value is -1.07. The SMILES string of the molecule is C=C1NC(=O)C=CN1[C@@H]1O[C@@]2(CCP(=C)(C)C)COC1[C@@H]2O. The Labute approximate surface area is 130 Å². The predicted octanol–water partition coefficient (Wildman–Crippen LogP) is 0.357. The highest BCUT2D eigenvalue weighted by Gasteiger charge is 2.62. The number of carbonyl (C=O) groups is 1. The molecule has 2 N–H and O–H groups in total. The molecule has 0 spiro atoms. The quantitative estimate of drug-likeness (QED) is 0.730. The van der Waals surface area contributed by atoms with Crippen molar-refractivity contribution in [2.24, 2.45) is 0 Å². The maximum Gasteiger partial charge on any atom is 0.250 e. The molecule has 0 saturated carbocycles. The highest BCUT2D eigenvalue weighted by molar-refractivity contribution is 7.72. The van der Waals surface area contributed by atoms with Gasteiger partial charge in [0.05, 0.1) is 6.61 Å². The van der Waals surface area contributed by atoms with Gasteiger partial charge in [-0.2, -0.15) is 0 Å². The van der Waals surface area contributed by atoms with Crippen LogP contribution >= 0.6 is 6.89 Å². The maximum atomic E-state index is 11.3. The van der Waals surface area contributed by atoms with Gasteiger partial charge in [0.1, 0.15) is 23.6 Å². The van der Waals surface area contributed by atoms with Gasteiger partial charge in [-0.15, -0.1) is 13.2 Å². The lowest BCUT2D eigenvalue weighted by molar-refractivity contribution is -0.182. The van der Waals surface area contributed by atoms with Crippen LogP contribution in [0.25, 0.3) is 0 Å². The monoisotopic (exact) mass is 326 g/mol. The lowest BCUT2D eigenvalue weighted by Crippen LogP contribution is -2.49. The Balaban J connectivity index is 1.78. The summed E-state index contributed by atoms with van der Waals surface area (Å²) in [6, 6.07) is 0. The van der Waals surface area contributed by atoms with E-state index in [1.165, 1.54) is 6.08 Å². The summed E-state index contributed by atoms with van der Waals surface area (Å²) in [4.78, 5) is 13.0. The van der Waals surface area contributed by atoms with E-state index in [0.29, 0.717) is 12.4 Å². The van der Waals surface area contributed by atoms with Gasteiger partial charge in [0.15, 0.2) is 6.23 Å². The molecule has 2 fully saturated rings. The lowest BCUT2D eigenvalue weighted by atomic mass is 9.96. The van der Waals surface area contributed by atoms with E-state index >= 15 is 0 Å². The van der Waals surface area contributed by atoms with Crippen molar-refractivity contribution < 1.29 is 19.4 Å². The molecule has 2 bridgehead atoms. The summed E-state index contributed by atoms with van der Waals surface area (Å²) in [5.41, 5.74) is -0.681. The Morgan fingerprint density at radius 3 is 2.95 bits per heavy atom. The fourth-order valence-electron chi connectivity index (χ4n) is 3.07. The second kappa shape index (κ2) is 5.24. The number of rotatable bonds is 4.